The van der Waals surface area contributed by atoms with E-state index < -0.39 is 0 Å². The van der Waals surface area contributed by atoms with Gasteiger partial charge in [-0.3, -0.25) is 0 Å². The van der Waals surface area contributed by atoms with Gasteiger partial charge >= 0.3 is 0 Å². The first-order valence-electron chi connectivity index (χ1n) is 4.74. The van der Waals surface area contributed by atoms with Crippen molar-refractivity contribution >= 4 is 24.0 Å². The van der Waals surface area contributed by atoms with E-state index >= 15 is 0 Å². The van der Waals surface area contributed by atoms with Crippen LogP contribution in [0.15, 0.2) is 35.4 Å². The summed E-state index contributed by atoms with van der Waals surface area (Å²) in [6, 6.07) is 8.45. The van der Waals surface area contributed by atoms with Crippen molar-refractivity contribution in [1.82, 2.24) is 0 Å². The molecule has 0 aliphatic rings. The number of nitrogens with two attached hydrogens (primary N) is 1. The zero-order chi connectivity index (χ0) is 10.6. The SMILES string of the molecule is Cc1ccc(C(C)/C(=C/Cl)CN)cc1.Cl. The Bertz CT molecular complexity index is 317. The van der Waals surface area contributed by atoms with Crippen molar-refractivity contribution in [3.8, 4) is 0 Å². The minimum atomic E-state index is 0. The average Bonchev–Trinajstić information content (AvgIpc) is 2.20. The lowest BCUT2D eigenvalue weighted by Crippen LogP contribution is -2.09. The van der Waals surface area contributed by atoms with Gasteiger partial charge in [0.15, 0.2) is 0 Å². The Morgan fingerprint density at radius 1 is 1.40 bits per heavy atom. The molecule has 0 saturated carbocycles. The van der Waals surface area contributed by atoms with Crippen molar-refractivity contribution < 1.29 is 0 Å². The Balaban J connectivity index is 0.00000196. The van der Waals surface area contributed by atoms with Crippen molar-refractivity contribution in [2.45, 2.75) is 19.8 Å². The molecule has 1 atom stereocenters. The Morgan fingerprint density at radius 2 is 1.93 bits per heavy atom. The first-order chi connectivity index (χ1) is 6.69. The maximum absolute atomic E-state index is 5.70. The summed E-state index contributed by atoms with van der Waals surface area (Å²) in [6.45, 7) is 4.71. The van der Waals surface area contributed by atoms with Crippen LogP contribution in [0.2, 0.25) is 0 Å². The molecule has 0 bridgehead atoms. The summed E-state index contributed by atoms with van der Waals surface area (Å²) in [5.41, 5.74) is 10.8. The van der Waals surface area contributed by atoms with E-state index in [2.05, 4.69) is 38.1 Å². The Labute approximate surface area is 103 Å². The maximum atomic E-state index is 5.70. The highest BCUT2D eigenvalue weighted by Crippen LogP contribution is 2.23. The number of aryl methyl sites for hydroxylation is 1. The lowest BCUT2D eigenvalue weighted by molar-refractivity contribution is 0.859. The topological polar surface area (TPSA) is 26.0 Å². The summed E-state index contributed by atoms with van der Waals surface area (Å²) < 4.78 is 0. The number of hydrogen-bond donors (Lipinski definition) is 1. The van der Waals surface area contributed by atoms with Crippen LogP contribution in [-0.4, -0.2) is 6.54 Å². The first-order valence-corrected chi connectivity index (χ1v) is 5.18. The third kappa shape index (κ3) is 3.86. The van der Waals surface area contributed by atoms with Crippen LogP contribution in [0.4, 0.5) is 0 Å². The molecule has 15 heavy (non-hydrogen) atoms. The lowest BCUT2D eigenvalue weighted by atomic mass is 9.93. The zero-order valence-corrected chi connectivity index (χ0v) is 10.6. The van der Waals surface area contributed by atoms with E-state index in [-0.39, 0.29) is 12.4 Å². The number of benzene rings is 1. The molecule has 0 radical (unpaired) electrons. The van der Waals surface area contributed by atoms with Crippen LogP contribution < -0.4 is 5.73 Å². The number of hydrogen-bond acceptors (Lipinski definition) is 1. The van der Waals surface area contributed by atoms with Crippen molar-refractivity contribution in [1.29, 1.82) is 0 Å². The van der Waals surface area contributed by atoms with Gasteiger partial charge in [0.1, 0.15) is 0 Å². The molecule has 1 nitrogen and oxygen atoms in total. The smallest absolute Gasteiger partial charge is 0.0154 e. The molecular formula is C12H17Cl2N. The van der Waals surface area contributed by atoms with Crippen LogP contribution in [0, 0.1) is 6.92 Å². The third-order valence-electron chi connectivity index (χ3n) is 2.51. The van der Waals surface area contributed by atoms with E-state index in [0.29, 0.717) is 12.5 Å². The fraction of sp³-hybridized carbons (Fsp3) is 0.333. The van der Waals surface area contributed by atoms with Gasteiger partial charge in [-0.05, 0) is 18.1 Å². The monoisotopic (exact) mass is 245 g/mol. The predicted octanol–water partition coefficient (Wildman–Crippen LogP) is 3.60. The second-order valence-corrected chi connectivity index (χ2v) is 3.74. The second kappa shape index (κ2) is 6.89. The van der Waals surface area contributed by atoms with Gasteiger partial charge in [-0.15, -0.1) is 12.4 Å². The lowest BCUT2D eigenvalue weighted by Gasteiger charge is -2.14. The first kappa shape index (κ1) is 14.5. The highest BCUT2D eigenvalue weighted by Gasteiger charge is 2.08. The van der Waals surface area contributed by atoms with E-state index in [9.17, 15) is 0 Å². The van der Waals surface area contributed by atoms with Crippen molar-refractivity contribution in [3.63, 3.8) is 0 Å². The van der Waals surface area contributed by atoms with Crippen LogP contribution in [0.25, 0.3) is 0 Å². The zero-order valence-electron chi connectivity index (χ0n) is 9.03. The molecule has 1 unspecified atom stereocenters. The predicted molar refractivity (Wildman–Crippen MR) is 69.8 cm³/mol. The summed E-state index contributed by atoms with van der Waals surface area (Å²) in [6.07, 6.45) is 0. The molecule has 1 aromatic rings. The summed E-state index contributed by atoms with van der Waals surface area (Å²) >= 11 is 5.70. The average molecular weight is 246 g/mol. The molecule has 0 aliphatic heterocycles. The quantitative estimate of drug-likeness (QED) is 0.866. The van der Waals surface area contributed by atoms with E-state index in [1.54, 1.807) is 5.54 Å². The molecular weight excluding hydrogens is 229 g/mol. The Morgan fingerprint density at radius 3 is 2.33 bits per heavy atom. The highest BCUT2D eigenvalue weighted by molar-refractivity contribution is 6.25. The molecule has 1 rings (SSSR count). The second-order valence-electron chi connectivity index (χ2n) is 3.52. The molecule has 0 fully saturated rings. The summed E-state index contributed by atoms with van der Waals surface area (Å²) in [5, 5.41) is 0. The summed E-state index contributed by atoms with van der Waals surface area (Å²) in [4.78, 5) is 0. The highest BCUT2D eigenvalue weighted by atomic mass is 35.5. The van der Waals surface area contributed by atoms with Crippen LogP contribution in [-0.2, 0) is 0 Å². The van der Waals surface area contributed by atoms with Crippen molar-refractivity contribution in [2.24, 2.45) is 5.73 Å². The van der Waals surface area contributed by atoms with Gasteiger partial charge in [-0.25, -0.2) is 0 Å². The van der Waals surface area contributed by atoms with Crippen molar-refractivity contribution in [2.75, 3.05) is 6.54 Å². The van der Waals surface area contributed by atoms with Gasteiger partial charge in [0, 0.05) is 18.0 Å². The minimum absolute atomic E-state index is 0. The molecule has 3 heteroatoms. The minimum Gasteiger partial charge on any atom is -0.327 e. The van der Waals surface area contributed by atoms with Crippen LogP contribution in [0.3, 0.4) is 0 Å². The number of rotatable bonds is 3. The normalized spacial score (nSPS) is 13.2. The summed E-state index contributed by atoms with van der Waals surface area (Å²) in [5.74, 6) is 0.304. The fourth-order valence-corrected chi connectivity index (χ4v) is 1.66. The maximum Gasteiger partial charge on any atom is 0.0154 e. The fourth-order valence-electron chi connectivity index (χ4n) is 1.39. The van der Waals surface area contributed by atoms with Gasteiger partial charge in [0.05, 0.1) is 0 Å². The van der Waals surface area contributed by atoms with Crippen molar-refractivity contribution in [3.05, 3.63) is 46.5 Å². The molecule has 84 valence electrons. The Hall–Kier alpha value is -0.500. The van der Waals surface area contributed by atoms with Crippen LogP contribution in [0.1, 0.15) is 24.0 Å². The van der Waals surface area contributed by atoms with Crippen LogP contribution >= 0.6 is 24.0 Å². The van der Waals surface area contributed by atoms with E-state index in [1.807, 2.05) is 0 Å². The van der Waals surface area contributed by atoms with Crippen LogP contribution in [0.5, 0.6) is 0 Å². The van der Waals surface area contributed by atoms with Gasteiger partial charge in [-0.1, -0.05) is 48.4 Å². The summed E-state index contributed by atoms with van der Waals surface area (Å²) in [7, 11) is 0. The molecule has 1 aromatic carbocycles. The molecule has 0 aromatic heterocycles. The Kier molecular flexibility index (Phi) is 6.66. The molecule has 0 amide bonds. The van der Waals surface area contributed by atoms with E-state index in [4.69, 9.17) is 17.3 Å². The molecule has 0 saturated heterocycles. The molecule has 0 aliphatic carbocycles. The van der Waals surface area contributed by atoms with Gasteiger partial charge in [-0.2, -0.15) is 0 Å². The third-order valence-corrected chi connectivity index (χ3v) is 2.79. The van der Waals surface area contributed by atoms with Gasteiger partial charge < -0.3 is 5.73 Å². The van der Waals surface area contributed by atoms with E-state index in [0.717, 1.165) is 5.57 Å². The van der Waals surface area contributed by atoms with Gasteiger partial charge in [0.2, 0.25) is 0 Å². The molecule has 0 spiro atoms. The standard InChI is InChI=1S/C12H16ClN.ClH/c1-9-3-5-11(6-4-9)10(2)12(7-13)8-14;/h3-7,10H,8,14H2,1-2H3;1H/b12-7+;. The number of halogens is 2. The largest absolute Gasteiger partial charge is 0.327 e. The molecule has 0 heterocycles. The van der Waals surface area contributed by atoms with E-state index in [1.165, 1.54) is 11.1 Å². The van der Waals surface area contributed by atoms with Gasteiger partial charge in [0.25, 0.3) is 0 Å². The molecule has 2 N–H and O–H groups in total.